The third-order valence-corrected chi connectivity index (χ3v) is 5.42. The molecule has 0 spiro atoms. The number of halogens is 1. The average molecular weight is 402 g/mol. The maximum atomic E-state index is 13.6. The van der Waals surface area contributed by atoms with Gasteiger partial charge in [-0.05, 0) is 35.9 Å². The van der Waals surface area contributed by atoms with E-state index < -0.39 is 0 Å². The van der Waals surface area contributed by atoms with Crippen LogP contribution in [-0.4, -0.2) is 22.0 Å². The Kier molecular flexibility index (Phi) is 6.15. The van der Waals surface area contributed by atoms with Crippen LogP contribution in [0.25, 0.3) is 0 Å². The van der Waals surface area contributed by atoms with Gasteiger partial charge in [0.15, 0.2) is 4.34 Å². The fourth-order valence-electron chi connectivity index (χ4n) is 2.15. The molecule has 2 N–H and O–H groups in total. The average Bonchev–Trinajstić information content (AvgIpc) is 3.08. The number of aromatic nitrogens is 2. The molecule has 0 unspecified atom stereocenters. The first-order valence-corrected chi connectivity index (χ1v) is 9.70. The Bertz CT molecular complexity index is 960. The number of benzene rings is 2. The van der Waals surface area contributed by atoms with Crippen molar-refractivity contribution in [1.82, 2.24) is 10.2 Å². The van der Waals surface area contributed by atoms with Gasteiger partial charge >= 0.3 is 0 Å². The van der Waals surface area contributed by atoms with Crippen molar-refractivity contribution in [2.75, 3.05) is 10.6 Å². The topological polar surface area (TPSA) is 84.0 Å². The molecule has 2 aromatic carbocycles. The molecule has 0 aliphatic rings. The molecule has 0 atom stereocenters. The molecule has 9 heteroatoms. The summed E-state index contributed by atoms with van der Waals surface area (Å²) in [6, 6.07) is 13.1. The summed E-state index contributed by atoms with van der Waals surface area (Å²) in [5, 5.41) is 13.6. The number of carbonyl (C=O) groups is 2. The zero-order valence-corrected chi connectivity index (χ0v) is 15.9. The predicted molar refractivity (Wildman–Crippen MR) is 105 cm³/mol. The van der Waals surface area contributed by atoms with Crippen LogP contribution < -0.4 is 10.6 Å². The first-order valence-electron chi connectivity index (χ1n) is 7.90. The summed E-state index contributed by atoms with van der Waals surface area (Å²) in [5.74, 6) is -0.335. The maximum absolute atomic E-state index is 13.6. The highest BCUT2D eigenvalue weighted by atomic mass is 32.2. The van der Waals surface area contributed by atoms with Crippen molar-refractivity contribution in [3.63, 3.8) is 0 Å². The zero-order valence-electron chi connectivity index (χ0n) is 14.2. The van der Waals surface area contributed by atoms with Crippen LogP contribution in [0.15, 0.2) is 52.9 Å². The van der Waals surface area contributed by atoms with Crippen molar-refractivity contribution >= 4 is 45.7 Å². The molecule has 2 amide bonds. The number of hydrogen-bond donors (Lipinski definition) is 2. The number of thioether (sulfide) groups is 1. The van der Waals surface area contributed by atoms with Crippen LogP contribution in [0.5, 0.6) is 0 Å². The van der Waals surface area contributed by atoms with Crippen LogP contribution in [0, 0.1) is 5.82 Å². The normalized spacial score (nSPS) is 10.4. The Morgan fingerprint density at radius 2 is 1.81 bits per heavy atom. The molecule has 0 saturated carbocycles. The second-order valence-electron chi connectivity index (χ2n) is 5.47. The van der Waals surface area contributed by atoms with E-state index in [4.69, 9.17) is 0 Å². The van der Waals surface area contributed by atoms with Gasteiger partial charge in [0.05, 0.1) is 0 Å². The number of anilines is 2. The summed E-state index contributed by atoms with van der Waals surface area (Å²) in [4.78, 5) is 23.3. The largest absolute Gasteiger partial charge is 0.326 e. The van der Waals surface area contributed by atoms with Gasteiger partial charge in [-0.15, -0.1) is 10.2 Å². The monoisotopic (exact) mass is 402 g/mol. The minimum atomic E-state index is -0.328. The molecule has 1 heterocycles. The molecule has 27 heavy (non-hydrogen) atoms. The third-order valence-electron chi connectivity index (χ3n) is 3.40. The highest BCUT2D eigenvalue weighted by Gasteiger charge is 2.11. The lowest BCUT2D eigenvalue weighted by molar-refractivity contribution is -0.114. The first kappa shape index (κ1) is 19.0. The molecule has 1 aromatic heterocycles. The van der Waals surface area contributed by atoms with Gasteiger partial charge in [-0.3, -0.25) is 14.9 Å². The molecule has 138 valence electrons. The van der Waals surface area contributed by atoms with Crippen LogP contribution in [0.2, 0.25) is 0 Å². The van der Waals surface area contributed by atoms with E-state index in [9.17, 15) is 14.0 Å². The fraction of sp³-hybridized carbons (Fsp3) is 0.111. The van der Waals surface area contributed by atoms with E-state index in [0.717, 1.165) is 0 Å². The van der Waals surface area contributed by atoms with Crippen LogP contribution in [0.4, 0.5) is 15.2 Å². The number of nitrogens with one attached hydrogen (secondary N) is 2. The smallest absolute Gasteiger partial charge is 0.257 e. The number of carbonyl (C=O) groups excluding carboxylic acids is 2. The van der Waals surface area contributed by atoms with E-state index in [-0.39, 0.29) is 17.6 Å². The summed E-state index contributed by atoms with van der Waals surface area (Å²) < 4.78 is 14.3. The van der Waals surface area contributed by atoms with E-state index in [1.165, 1.54) is 36.1 Å². The van der Waals surface area contributed by atoms with Gasteiger partial charge in [0, 0.05) is 23.9 Å². The van der Waals surface area contributed by atoms with Crippen LogP contribution in [0.1, 0.15) is 22.8 Å². The van der Waals surface area contributed by atoms with Gasteiger partial charge in [-0.1, -0.05) is 41.3 Å². The van der Waals surface area contributed by atoms with Crippen LogP contribution in [0.3, 0.4) is 0 Å². The van der Waals surface area contributed by atoms with Crippen molar-refractivity contribution in [3.8, 4) is 0 Å². The van der Waals surface area contributed by atoms with E-state index in [2.05, 4.69) is 20.8 Å². The van der Waals surface area contributed by atoms with Crippen molar-refractivity contribution < 1.29 is 14.0 Å². The van der Waals surface area contributed by atoms with E-state index in [0.29, 0.717) is 32.0 Å². The Labute approximate surface area is 163 Å². The molecule has 0 fully saturated rings. The highest BCUT2D eigenvalue weighted by molar-refractivity contribution is 8.00. The number of rotatable bonds is 6. The summed E-state index contributed by atoms with van der Waals surface area (Å²) in [6.07, 6.45) is 0. The summed E-state index contributed by atoms with van der Waals surface area (Å²) in [5.41, 5.74) is 1.63. The zero-order chi connectivity index (χ0) is 19.2. The van der Waals surface area contributed by atoms with Crippen molar-refractivity contribution in [3.05, 3.63) is 65.5 Å². The standard InChI is InChI=1S/C18H15FN4O2S2/c1-11(24)20-14-8-6-12(7-9-14)16(25)21-17-22-23-18(27-17)26-10-13-4-2-3-5-15(13)19/h2-9H,10H2,1H3,(H,20,24)(H,21,22,25). The van der Waals surface area contributed by atoms with Crippen LogP contribution >= 0.6 is 23.1 Å². The maximum Gasteiger partial charge on any atom is 0.257 e. The summed E-state index contributed by atoms with van der Waals surface area (Å²) in [6.45, 7) is 1.41. The number of hydrogen-bond acceptors (Lipinski definition) is 6. The minimum Gasteiger partial charge on any atom is -0.326 e. The lowest BCUT2D eigenvalue weighted by atomic mass is 10.2. The van der Waals surface area contributed by atoms with Crippen LogP contribution in [-0.2, 0) is 10.5 Å². The molecule has 0 saturated heterocycles. The van der Waals surface area contributed by atoms with Gasteiger partial charge in [0.1, 0.15) is 5.82 Å². The molecule has 6 nitrogen and oxygen atoms in total. The van der Waals surface area contributed by atoms with Gasteiger partial charge in [0.2, 0.25) is 11.0 Å². The molecule has 0 aliphatic carbocycles. The minimum absolute atomic E-state index is 0.179. The Hall–Kier alpha value is -2.78. The lowest BCUT2D eigenvalue weighted by Crippen LogP contribution is -2.12. The summed E-state index contributed by atoms with van der Waals surface area (Å²) >= 11 is 2.57. The molecule has 3 rings (SSSR count). The van der Waals surface area contributed by atoms with Crippen molar-refractivity contribution in [2.45, 2.75) is 17.0 Å². The number of amides is 2. The Balaban J connectivity index is 1.57. The van der Waals surface area contributed by atoms with Crippen molar-refractivity contribution in [2.24, 2.45) is 0 Å². The SMILES string of the molecule is CC(=O)Nc1ccc(C(=O)Nc2nnc(SCc3ccccc3F)s2)cc1. The Morgan fingerprint density at radius 3 is 2.52 bits per heavy atom. The quantitative estimate of drug-likeness (QED) is 0.477. The fourth-order valence-corrected chi connectivity index (χ4v) is 3.88. The van der Waals surface area contributed by atoms with Gasteiger partial charge in [0.25, 0.3) is 5.91 Å². The lowest BCUT2D eigenvalue weighted by Gasteiger charge is -2.04. The van der Waals surface area contributed by atoms with E-state index in [1.807, 2.05) is 0 Å². The van der Waals surface area contributed by atoms with E-state index >= 15 is 0 Å². The Morgan fingerprint density at radius 1 is 1.07 bits per heavy atom. The second-order valence-corrected chi connectivity index (χ2v) is 7.67. The molecular formula is C18H15FN4O2S2. The first-order chi connectivity index (χ1) is 13.0. The molecule has 0 bridgehead atoms. The highest BCUT2D eigenvalue weighted by Crippen LogP contribution is 2.29. The molecule has 0 radical (unpaired) electrons. The molecule has 3 aromatic rings. The summed E-state index contributed by atoms with van der Waals surface area (Å²) in [7, 11) is 0. The van der Waals surface area contributed by atoms with Gasteiger partial charge < -0.3 is 5.32 Å². The van der Waals surface area contributed by atoms with E-state index in [1.54, 1.807) is 42.5 Å². The van der Waals surface area contributed by atoms with Gasteiger partial charge in [-0.2, -0.15) is 0 Å². The van der Waals surface area contributed by atoms with Gasteiger partial charge in [-0.25, -0.2) is 4.39 Å². The third kappa shape index (κ3) is 5.35. The number of nitrogens with zero attached hydrogens (tertiary/aromatic N) is 2. The van der Waals surface area contributed by atoms with Crippen molar-refractivity contribution in [1.29, 1.82) is 0 Å². The second kappa shape index (κ2) is 8.74. The predicted octanol–water partition coefficient (Wildman–Crippen LogP) is 4.18. The molecule has 0 aliphatic heterocycles. The molecular weight excluding hydrogens is 387 g/mol.